The van der Waals surface area contributed by atoms with Gasteiger partial charge in [0, 0.05) is 6.54 Å². The van der Waals surface area contributed by atoms with Crippen LogP contribution in [0.15, 0.2) is 30.3 Å². The van der Waals surface area contributed by atoms with Gasteiger partial charge >= 0.3 is 5.97 Å². The zero-order valence-corrected chi connectivity index (χ0v) is 19.2. The number of hydrogen-bond donors (Lipinski definition) is 1. The minimum Gasteiger partial charge on any atom is -0.490 e. The molecule has 1 saturated carbocycles. The third-order valence-electron chi connectivity index (χ3n) is 6.30. The standard InChI is InChI=1S/C26H37NO3/c1-6-29-25(28)17-27-16-19-7-8-20-15-23(13-18(2)24(20)14-19)30-22-11-9-21(10-12-22)26(3,4)5/h7-8,13-15,21-22,27H,6,9-12,16-17H2,1-5H3. The van der Waals surface area contributed by atoms with Crippen molar-refractivity contribution in [2.24, 2.45) is 11.3 Å². The summed E-state index contributed by atoms with van der Waals surface area (Å²) < 4.78 is 11.3. The zero-order chi connectivity index (χ0) is 21.7. The number of hydrogen-bond acceptors (Lipinski definition) is 4. The molecule has 4 nitrogen and oxygen atoms in total. The van der Waals surface area contributed by atoms with Crippen molar-refractivity contribution < 1.29 is 14.3 Å². The lowest BCUT2D eigenvalue weighted by Gasteiger charge is -2.37. The molecule has 0 unspecified atom stereocenters. The van der Waals surface area contributed by atoms with Crippen LogP contribution in [0.2, 0.25) is 0 Å². The second kappa shape index (κ2) is 9.82. The van der Waals surface area contributed by atoms with Gasteiger partial charge in [0.1, 0.15) is 5.75 Å². The Hall–Kier alpha value is -2.07. The predicted molar refractivity (Wildman–Crippen MR) is 123 cm³/mol. The van der Waals surface area contributed by atoms with E-state index in [2.05, 4.69) is 63.3 Å². The van der Waals surface area contributed by atoms with Crippen molar-refractivity contribution >= 4 is 16.7 Å². The number of benzene rings is 2. The molecule has 1 fully saturated rings. The van der Waals surface area contributed by atoms with Crippen molar-refractivity contribution in [3.05, 3.63) is 41.5 Å². The van der Waals surface area contributed by atoms with Gasteiger partial charge in [-0.05, 0) is 91.0 Å². The van der Waals surface area contributed by atoms with Crippen LogP contribution in [0.3, 0.4) is 0 Å². The monoisotopic (exact) mass is 411 g/mol. The smallest absolute Gasteiger partial charge is 0.319 e. The van der Waals surface area contributed by atoms with E-state index in [1.807, 2.05) is 6.92 Å². The number of rotatable bonds is 7. The average Bonchev–Trinajstić information content (AvgIpc) is 2.68. The molecular formula is C26H37NO3. The van der Waals surface area contributed by atoms with Crippen LogP contribution in [0.5, 0.6) is 5.75 Å². The van der Waals surface area contributed by atoms with E-state index >= 15 is 0 Å². The number of aryl methyl sites for hydroxylation is 1. The SMILES string of the molecule is CCOC(=O)CNCc1ccc2cc(OC3CCC(C(C)(C)C)CC3)cc(C)c2c1. The number of carbonyl (C=O) groups is 1. The number of nitrogens with one attached hydrogen (secondary N) is 1. The van der Waals surface area contributed by atoms with Crippen LogP contribution in [-0.2, 0) is 16.1 Å². The Bertz CT molecular complexity index is 860. The first-order valence-corrected chi connectivity index (χ1v) is 11.3. The Balaban J connectivity index is 1.61. The van der Waals surface area contributed by atoms with E-state index in [1.165, 1.54) is 29.2 Å². The average molecular weight is 412 g/mol. The van der Waals surface area contributed by atoms with Gasteiger partial charge in [0.25, 0.3) is 0 Å². The molecule has 3 rings (SSSR count). The maximum absolute atomic E-state index is 11.5. The molecule has 0 heterocycles. The molecule has 2 aromatic rings. The van der Waals surface area contributed by atoms with Gasteiger partial charge in [-0.1, -0.05) is 32.9 Å². The topological polar surface area (TPSA) is 47.6 Å². The lowest BCUT2D eigenvalue weighted by Crippen LogP contribution is -2.30. The van der Waals surface area contributed by atoms with Gasteiger partial charge in [-0.25, -0.2) is 0 Å². The lowest BCUT2D eigenvalue weighted by atomic mass is 9.72. The third kappa shape index (κ3) is 5.98. The third-order valence-corrected chi connectivity index (χ3v) is 6.30. The fourth-order valence-corrected chi connectivity index (χ4v) is 4.49. The van der Waals surface area contributed by atoms with Gasteiger partial charge in [-0.2, -0.15) is 0 Å². The summed E-state index contributed by atoms with van der Waals surface area (Å²) in [5, 5.41) is 5.58. The Morgan fingerprint density at radius 2 is 1.83 bits per heavy atom. The van der Waals surface area contributed by atoms with Crippen LogP contribution < -0.4 is 10.1 Å². The van der Waals surface area contributed by atoms with E-state index in [0.29, 0.717) is 24.7 Å². The molecule has 0 saturated heterocycles. The van der Waals surface area contributed by atoms with Gasteiger partial charge in [-0.15, -0.1) is 0 Å². The molecule has 4 heteroatoms. The van der Waals surface area contributed by atoms with Crippen LogP contribution in [-0.4, -0.2) is 25.2 Å². The summed E-state index contributed by atoms with van der Waals surface area (Å²) in [6, 6.07) is 10.8. The highest BCUT2D eigenvalue weighted by Crippen LogP contribution is 2.39. The maximum atomic E-state index is 11.5. The Kier molecular flexibility index (Phi) is 7.41. The van der Waals surface area contributed by atoms with Crippen molar-refractivity contribution in [3.8, 4) is 5.75 Å². The van der Waals surface area contributed by atoms with Crippen LogP contribution >= 0.6 is 0 Å². The van der Waals surface area contributed by atoms with Crippen molar-refractivity contribution in [1.29, 1.82) is 0 Å². The van der Waals surface area contributed by atoms with Crippen molar-refractivity contribution in [2.75, 3.05) is 13.2 Å². The number of fused-ring (bicyclic) bond motifs is 1. The number of carbonyl (C=O) groups excluding carboxylic acids is 1. The molecule has 2 aromatic carbocycles. The quantitative estimate of drug-likeness (QED) is 0.586. The molecule has 0 aliphatic heterocycles. The molecule has 164 valence electrons. The molecule has 1 aliphatic carbocycles. The van der Waals surface area contributed by atoms with Crippen LogP contribution in [0, 0.1) is 18.3 Å². The second-order valence-corrected chi connectivity index (χ2v) is 9.66. The normalized spacial score (nSPS) is 19.6. The molecule has 0 radical (unpaired) electrons. The summed E-state index contributed by atoms with van der Waals surface area (Å²) in [6.45, 7) is 12.3. The number of esters is 1. The van der Waals surface area contributed by atoms with Crippen molar-refractivity contribution in [2.45, 2.75) is 73.0 Å². The highest BCUT2D eigenvalue weighted by atomic mass is 16.5. The Morgan fingerprint density at radius 3 is 2.50 bits per heavy atom. The first-order valence-electron chi connectivity index (χ1n) is 11.3. The van der Waals surface area contributed by atoms with E-state index in [9.17, 15) is 4.79 Å². The summed E-state index contributed by atoms with van der Waals surface area (Å²) >= 11 is 0. The minimum atomic E-state index is -0.215. The number of ether oxygens (including phenoxy) is 2. The van der Waals surface area contributed by atoms with Crippen LogP contribution in [0.25, 0.3) is 10.8 Å². The van der Waals surface area contributed by atoms with Gasteiger partial charge < -0.3 is 14.8 Å². The van der Waals surface area contributed by atoms with Crippen LogP contribution in [0.4, 0.5) is 0 Å². The molecule has 30 heavy (non-hydrogen) atoms. The second-order valence-electron chi connectivity index (χ2n) is 9.66. The first kappa shape index (κ1) is 22.6. The molecule has 1 N–H and O–H groups in total. The zero-order valence-electron chi connectivity index (χ0n) is 19.2. The predicted octanol–water partition coefficient (Wildman–Crippen LogP) is 5.78. The van der Waals surface area contributed by atoms with E-state index in [-0.39, 0.29) is 12.5 Å². The van der Waals surface area contributed by atoms with E-state index < -0.39 is 0 Å². The molecular weight excluding hydrogens is 374 g/mol. The van der Waals surface area contributed by atoms with Gasteiger partial charge in [0.2, 0.25) is 0 Å². The largest absolute Gasteiger partial charge is 0.490 e. The van der Waals surface area contributed by atoms with Gasteiger partial charge in [0.05, 0.1) is 19.3 Å². The summed E-state index contributed by atoms with van der Waals surface area (Å²) in [5.74, 6) is 1.56. The Labute approximate surface area is 181 Å². The summed E-state index contributed by atoms with van der Waals surface area (Å²) in [7, 11) is 0. The summed E-state index contributed by atoms with van der Waals surface area (Å²) in [6.07, 6.45) is 5.12. The molecule has 0 spiro atoms. The van der Waals surface area contributed by atoms with E-state index in [1.54, 1.807) is 0 Å². The fraction of sp³-hybridized carbons (Fsp3) is 0.577. The van der Waals surface area contributed by atoms with Crippen LogP contribution in [0.1, 0.15) is 64.5 Å². The highest BCUT2D eigenvalue weighted by Gasteiger charge is 2.30. The summed E-state index contributed by atoms with van der Waals surface area (Å²) in [5.41, 5.74) is 2.77. The fourth-order valence-electron chi connectivity index (χ4n) is 4.49. The molecule has 0 atom stereocenters. The van der Waals surface area contributed by atoms with Gasteiger partial charge in [-0.3, -0.25) is 4.79 Å². The maximum Gasteiger partial charge on any atom is 0.319 e. The van der Waals surface area contributed by atoms with Crippen molar-refractivity contribution in [3.63, 3.8) is 0 Å². The summed E-state index contributed by atoms with van der Waals surface area (Å²) in [4.78, 5) is 11.5. The van der Waals surface area contributed by atoms with Crippen molar-refractivity contribution in [1.82, 2.24) is 5.32 Å². The molecule has 0 amide bonds. The molecule has 0 aromatic heterocycles. The Morgan fingerprint density at radius 1 is 1.10 bits per heavy atom. The lowest BCUT2D eigenvalue weighted by molar-refractivity contribution is -0.142. The minimum absolute atomic E-state index is 0.215. The van der Waals surface area contributed by atoms with E-state index in [4.69, 9.17) is 9.47 Å². The molecule has 0 bridgehead atoms. The highest BCUT2D eigenvalue weighted by molar-refractivity contribution is 5.87. The van der Waals surface area contributed by atoms with Gasteiger partial charge in [0.15, 0.2) is 0 Å². The van der Waals surface area contributed by atoms with E-state index in [0.717, 1.165) is 30.1 Å². The molecule has 1 aliphatic rings. The first-order chi connectivity index (χ1) is 14.3.